The number of amides is 1. The minimum Gasteiger partial charge on any atom is -0.295 e. The largest absolute Gasteiger partial charge is 0.295 e. The van der Waals surface area contributed by atoms with Crippen LogP contribution in [0.5, 0.6) is 0 Å². The SMILES string of the molecule is Cc1nn(-c2ccc(F)cc2)c(C)c1CC(=O)Nc1ncn[nH]1. The Kier molecular flexibility index (Phi) is 3.88. The van der Waals surface area contributed by atoms with E-state index >= 15 is 0 Å². The summed E-state index contributed by atoms with van der Waals surface area (Å²) >= 11 is 0. The average molecular weight is 314 g/mol. The second kappa shape index (κ2) is 5.99. The average Bonchev–Trinajstić information content (AvgIpc) is 3.12. The molecule has 2 heterocycles. The molecule has 0 saturated carbocycles. The van der Waals surface area contributed by atoms with Crippen LogP contribution in [0.15, 0.2) is 30.6 Å². The normalized spacial score (nSPS) is 10.7. The van der Waals surface area contributed by atoms with Gasteiger partial charge in [-0.3, -0.25) is 10.1 Å². The molecular weight excluding hydrogens is 299 g/mol. The van der Waals surface area contributed by atoms with Gasteiger partial charge in [-0.15, -0.1) is 0 Å². The molecule has 0 radical (unpaired) electrons. The van der Waals surface area contributed by atoms with Gasteiger partial charge in [0, 0.05) is 11.3 Å². The fourth-order valence-electron chi connectivity index (χ4n) is 2.37. The van der Waals surface area contributed by atoms with Crippen LogP contribution in [-0.4, -0.2) is 30.9 Å². The van der Waals surface area contributed by atoms with Crippen LogP contribution in [0.4, 0.5) is 10.3 Å². The first-order chi connectivity index (χ1) is 11.0. The van der Waals surface area contributed by atoms with Crippen molar-refractivity contribution in [2.45, 2.75) is 20.3 Å². The summed E-state index contributed by atoms with van der Waals surface area (Å²) in [6.07, 6.45) is 1.48. The van der Waals surface area contributed by atoms with Crippen LogP contribution in [-0.2, 0) is 11.2 Å². The van der Waals surface area contributed by atoms with E-state index in [1.54, 1.807) is 16.8 Å². The minimum absolute atomic E-state index is 0.166. The maximum Gasteiger partial charge on any atom is 0.231 e. The Hall–Kier alpha value is -3.03. The fraction of sp³-hybridized carbons (Fsp3) is 0.200. The van der Waals surface area contributed by atoms with E-state index < -0.39 is 0 Å². The highest BCUT2D eigenvalue weighted by molar-refractivity contribution is 5.90. The second-order valence-corrected chi connectivity index (χ2v) is 5.10. The Morgan fingerprint density at radius 1 is 1.30 bits per heavy atom. The molecule has 0 aliphatic rings. The molecule has 8 heteroatoms. The molecule has 0 saturated heterocycles. The lowest BCUT2D eigenvalue weighted by atomic mass is 10.1. The van der Waals surface area contributed by atoms with Crippen LogP contribution in [0.2, 0.25) is 0 Å². The fourth-order valence-corrected chi connectivity index (χ4v) is 2.37. The minimum atomic E-state index is -0.304. The summed E-state index contributed by atoms with van der Waals surface area (Å²) in [4.78, 5) is 15.9. The van der Waals surface area contributed by atoms with Crippen molar-refractivity contribution in [2.75, 3.05) is 5.32 Å². The highest BCUT2D eigenvalue weighted by Crippen LogP contribution is 2.19. The molecule has 0 spiro atoms. The van der Waals surface area contributed by atoms with E-state index in [0.717, 1.165) is 22.6 Å². The van der Waals surface area contributed by atoms with E-state index in [-0.39, 0.29) is 18.1 Å². The third-order valence-corrected chi connectivity index (χ3v) is 3.52. The molecule has 0 bridgehead atoms. The highest BCUT2D eigenvalue weighted by Gasteiger charge is 2.16. The van der Waals surface area contributed by atoms with E-state index in [0.29, 0.717) is 5.95 Å². The Morgan fingerprint density at radius 3 is 2.70 bits per heavy atom. The summed E-state index contributed by atoms with van der Waals surface area (Å²) in [5, 5.41) is 13.3. The Bertz CT molecular complexity index is 823. The zero-order chi connectivity index (χ0) is 16.4. The molecule has 23 heavy (non-hydrogen) atoms. The van der Waals surface area contributed by atoms with Gasteiger partial charge in [0.05, 0.1) is 17.8 Å². The molecule has 0 atom stereocenters. The van der Waals surface area contributed by atoms with Crippen LogP contribution in [0.25, 0.3) is 5.69 Å². The number of carbonyl (C=O) groups is 1. The van der Waals surface area contributed by atoms with Crippen molar-refractivity contribution in [3.8, 4) is 5.69 Å². The smallest absolute Gasteiger partial charge is 0.231 e. The van der Waals surface area contributed by atoms with Gasteiger partial charge in [0.25, 0.3) is 0 Å². The predicted octanol–water partition coefficient (Wildman–Crippen LogP) is 1.93. The number of H-pyrrole nitrogens is 1. The monoisotopic (exact) mass is 314 g/mol. The van der Waals surface area contributed by atoms with Gasteiger partial charge in [-0.1, -0.05) is 0 Å². The molecule has 7 nitrogen and oxygen atoms in total. The first-order valence-corrected chi connectivity index (χ1v) is 7.01. The summed E-state index contributed by atoms with van der Waals surface area (Å²) in [6.45, 7) is 3.71. The number of hydrogen-bond donors (Lipinski definition) is 2. The number of aromatic amines is 1. The van der Waals surface area contributed by atoms with Gasteiger partial charge in [0.15, 0.2) is 0 Å². The Labute approximate surface area is 131 Å². The molecule has 0 fully saturated rings. The third kappa shape index (κ3) is 3.10. The van der Waals surface area contributed by atoms with E-state index in [2.05, 4.69) is 25.6 Å². The molecule has 1 amide bonds. The van der Waals surface area contributed by atoms with E-state index in [4.69, 9.17) is 0 Å². The summed E-state index contributed by atoms with van der Waals surface area (Å²) in [6, 6.07) is 6.05. The lowest BCUT2D eigenvalue weighted by Gasteiger charge is -2.05. The first-order valence-electron chi connectivity index (χ1n) is 7.01. The molecular formula is C15H15FN6O. The zero-order valence-electron chi connectivity index (χ0n) is 12.7. The number of anilines is 1. The summed E-state index contributed by atoms with van der Waals surface area (Å²) < 4.78 is 14.7. The Morgan fingerprint density at radius 2 is 2.04 bits per heavy atom. The van der Waals surface area contributed by atoms with E-state index in [1.807, 2.05) is 13.8 Å². The number of carbonyl (C=O) groups excluding carboxylic acids is 1. The summed E-state index contributed by atoms with van der Waals surface area (Å²) in [7, 11) is 0. The van der Waals surface area contributed by atoms with Crippen LogP contribution in [0, 0.1) is 19.7 Å². The molecule has 2 aromatic heterocycles. The quantitative estimate of drug-likeness (QED) is 0.770. The lowest BCUT2D eigenvalue weighted by molar-refractivity contribution is -0.115. The zero-order valence-corrected chi connectivity index (χ0v) is 12.7. The van der Waals surface area contributed by atoms with Crippen molar-refractivity contribution in [3.05, 3.63) is 53.4 Å². The highest BCUT2D eigenvalue weighted by atomic mass is 19.1. The van der Waals surface area contributed by atoms with Gasteiger partial charge in [-0.25, -0.2) is 14.2 Å². The van der Waals surface area contributed by atoms with Gasteiger partial charge in [0.1, 0.15) is 12.1 Å². The second-order valence-electron chi connectivity index (χ2n) is 5.10. The van der Waals surface area contributed by atoms with Crippen molar-refractivity contribution < 1.29 is 9.18 Å². The number of aromatic nitrogens is 5. The standard InChI is InChI=1S/C15H15FN6O/c1-9-13(7-14(23)19-15-17-8-18-20-15)10(2)22(21-9)12-5-3-11(16)4-6-12/h3-6,8H,7H2,1-2H3,(H2,17,18,19,20,23). The Balaban J connectivity index is 1.83. The maximum atomic E-state index is 13.0. The molecule has 118 valence electrons. The van der Waals surface area contributed by atoms with Crippen molar-refractivity contribution in [3.63, 3.8) is 0 Å². The molecule has 1 aromatic carbocycles. The summed E-state index contributed by atoms with van der Waals surface area (Å²) in [5.41, 5.74) is 3.15. The third-order valence-electron chi connectivity index (χ3n) is 3.52. The molecule has 0 aliphatic heterocycles. The van der Waals surface area contributed by atoms with E-state index in [9.17, 15) is 9.18 Å². The topological polar surface area (TPSA) is 88.5 Å². The van der Waals surface area contributed by atoms with Crippen LogP contribution >= 0.6 is 0 Å². The van der Waals surface area contributed by atoms with Crippen molar-refractivity contribution >= 4 is 11.9 Å². The predicted molar refractivity (Wildman–Crippen MR) is 81.7 cm³/mol. The number of hydrogen-bond acceptors (Lipinski definition) is 4. The maximum absolute atomic E-state index is 13.0. The van der Waals surface area contributed by atoms with Gasteiger partial charge >= 0.3 is 0 Å². The number of benzene rings is 1. The van der Waals surface area contributed by atoms with Gasteiger partial charge in [-0.05, 0) is 38.1 Å². The van der Waals surface area contributed by atoms with Crippen LogP contribution < -0.4 is 5.32 Å². The molecule has 0 unspecified atom stereocenters. The number of rotatable bonds is 4. The van der Waals surface area contributed by atoms with Crippen LogP contribution in [0.3, 0.4) is 0 Å². The van der Waals surface area contributed by atoms with Gasteiger partial charge in [-0.2, -0.15) is 15.2 Å². The molecule has 0 aliphatic carbocycles. The van der Waals surface area contributed by atoms with Gasteiger partial charge < -0.3 is 0 Å². The number of halogens is 1. The van der Waals surface area contributed by atoms with Crippen molar-refractivity contribution in [1.82, 2.24) is 25.0 Å². The molecule has 3 aromatic rings. The van der Waals surface area contributed by atoms with Crippen molar-refractivity contribution in [1.29, 1.82) is 0 Å². The van der Waals surface area contributed by atoms with Gasteiger partial charge in [0.2, 0.25) is 11.9 Å². The van der Waals surface area contributed by atoms with E-state index in [1.165, 1.54) is 18.5 Å². The van der Waals surface area contributed by atoms with Crippen LogP contribution in [0.1, 0.15) is 17.0 Å². The first kappa shape index (κ1) is 14.9. The summed E-state index contributed by atoms with van der Waals surface area (Å²) in [5.74, 6) is -0.218. The number of aryl methyl sites for hydroxylation is 1. The number of nitrogens with one attached hydrogen (secondary N) is 2. The molecule has 3 rings (SSSR count). The molecule has 2 N–H and O–H groups in total. The van der Waals surface area contributed by atoms with Crippen molar-refractivity contribution in [2.24, 2.45) is 0 Å². The number of nitrogens with zero attached hydrogens (tertiary/aromatic N) is 4. The lowest BCUT2D eigenvalue weighted by Crippen LogP contribution is -2.16.